The predicted molar refractivity (Wildman–Crippen MR) is 133 cm³/mol. The Kier molecular flexibility index (Phi) is 4.56. The van der Waals surface area contributed by atoms with E-state index in [2.05, 4.69) is 51.9 Å². The van der Waals surface area contributed by atoms with Crippen LogP contribution in [0.1, 0.15) is 41.2 Å². The molecule has 0 aliphatic carbocycles. The highest BCUT2D eigenvalue weighted by molar-refractivity contribution is 6.30. The highest BCUT2D eigenvalue weighted by atomic mass is 35.5. The van der Waals surface area contributed by atoms with Crippen LogP contribution in [0.2, 0.25) is 5.02 Å². The first-order valence-corrected chi connectivity index (χ1v) is 12.1. The third-order valence-corrected chi connectivity index (χ3v) is 7.97. The summed E-state index contributed by atoms with van der Waals surface area (Å²) >= 11 is 6.29. The molecule has 6 rings (SSSR count). The quantitative estimate of drug-likeness (QED) is 0.572. The van der Waals surface area contributed by atoms with Crippen molar-refractivity contribution < 1.29 is 4.79 Å². The zero-order valence-corrected chi connectivity index (χ0v) is 20.8. The molecule has 0 bridgehead atoms. The number of aryl methyl sites for hydroxylation is 2. The van der Waals surface area contributed by atoms with Crippen LogP contribution in [-0.2, 0) is 19.1 Å². The number of fused-ring (bicyclic) bond motifs is 1. The van der Waals surface area contributed by atoms with Crippen molar-refractivity contribution in [3.05, 3.63) is 70.3 Å². The summed E-state index contributed by atoms with van der Waals surface area (Å²) in [5.74, 6) is 0.0757. The zero-order valence-electron chi connectivity index (χ0n) is 20.0. The molecule has 0 N–H and O–H groups in total. The number of hydrogen-bond donors (Lipinski definition) is 0. The number of benzene rings is 1. The van der Waals surface area contributed by atoms with Crippen LogP contribution in [0.25, 0.3) is 0 Å². The van der Waals surface area contributed by atoms with E-state index < -0.39 is 0 Å². The van der Waals surface area contributed by atoms with E-state index in [0.717, 1.165) is 54.8 Å². The highest BCUT2D eigenvalue weighted by Gasteiger charge is 2.53. The predicted octanol–water partition coefficient (Wildman–Crippen LogP) is 3.99. The second-order valence-electron chi connectivity index (χ2n) is 10.7. The number of halogens is 1. The first-order chi connectivity index (χ1) is 16.1. The van der Waals surface area contributed by atoms with Gasteiger partial charge in [0.1, 0.15) is 5.69 Å². The molecule has 1 aromatic carbocycles. The van der Waals surface area contributed by atoms with Crippen LogP contribution in [0.15, 0.2) is 42.7 Å². The zero-order chi connectivity index (χ0) is 23.8. The van der Waals surface area contributed by atoms with Gasteiger partial charge in [-0.1, -0.05) is 17.7 Å². The summed E-state index contributed by atoms with van der Waals surface area (Å²) in [4.78, 5) is 24.1. The average molecular weight is 477 g/mol. The van der Waals surface area contributed by atoms with Crippen molar-refractivity contribution in [2.75, 3.05) is 36.0 Å². The lowest BCUT2D eigenvalue weighted by Gasteiger charge is -2.60. The largest absolute Gasteiger partial charge is 0.369 e. The Morgan fingerprint density at radius 2 is 1.76 bits per heavy atom. The van der Waals surface area contributed by atoms with Crippen molar-refractivity contribution in [3.8, 4) is 0 Å². The molecular weight excluding hydrogens is 448 g/mol. The SMILES string of the molecule is Cc1cc(C(=O)N2CC3(C2)CN(c2cncc(N4Cc5ccc(Cl)cc5C4(C)C)c2)C3)n(C)n1. The number of nitrogens with zero attached hydrogens (tertiary/aromatic N) is 6. The Bertz CT molecular complexity index is 1300. The van der Waals surface area contributed by atoms with Gasteiger partial charge in [0, 0.05) is 50.2 Å². The average Bonchev–Trinajstić information content (AvgIpc) is 3.21. The third-order valence-electron chi connectivity index (χ3n) is 7.73. The Balaban J connectivity index is 1.13. The van der Waals surface area contributed by atoms with Gasteiger partial charge < -0.3 is 14.7 Å². The number of hydrogen-bond acceptors (Lipinski definition) is 5. The summed E-state index contributed by atoms with van der Waals surface area (Å²) in [7, 11) is 1.83. The van der Waals surface area contributed by atoms with Gasteiger partial charge in [-0.2, -0.15) is 5.10 Å². The molecular formula is C26H29ClN6O. The molecule has 2 fully saturated rings. The molecule has 3 aliphatic heterocycles. The summed E-state index contributed by atoms with van der Waals surface area (Å²) in [5, 5.41) is 5.08. The van der Waals surface area contributed by atoms with Gasteiger partial charge in [0.15, 0.2) is 0 Å². The molecule has 8 heteroatoms. The molecule has 0 atom stereocenters. The second-order valence-corrected chi connectivity index (χ2v) is 11.1. The maximum atomic E-state index is 12.8. The molecule has 34 heavy (non-hydrogen) atoms. The van der Waals surface area contributed by atoms with Gasteiger partial charge in [0.25, 0.3) is 5.91 Å². The number of aromatic nitrogens is 3. The molecule has 0 radical (unpaired) electrons. The van der Waals surface area contributed by atoms with Crippen LogP contribution in [0.3, 0.4) is 0 Å². The lowest BCUT2D eigenvalue weighted by atomic mass is 9.72. The Morgan fingerprint density at radius 3 is 2.47 bits per heavy atom. The highest BCUT2D eigenvalue weighted by Crippen LogP contribution is 2.45. The normalized spacial score (nSPS) is 19.7. The first-order valence-electron chi connectivity index (χ1n) is 11.7. The van der Waals surface area contributed by atoms with Crippen molar-refractivity contribution in [2.24, 2.45) is 12.5 Å². The van der Waals surface area contributed by atoms with Crippen LogP contribution in [-0.4, -0.2) is 51.8 Å². The van der Waals surface area contributed by atoms with Crippen LogP contribution in [0, 0.1) is 12.3 Å². The van der Waals surface area contributed by atoms with Gasteiger partial charge in [-0.15, -0.1) is 0 Å². The molecule has 2 aromatic heterocycles. The molecule has 3 aromatic rings. The fourth-order valence-electron chi connectivity index (χ4n) is 5.95. The van der Waals surface area contributed by atoms with Crippen LogP contribution in [0.4, 0.5) is 11.4 Å². The van der Waals surface area contributed by atoms with Crippen LogP contribution >= 0.6 is 11.6 Å². The van der Waals surface area contributed by atoms with Crippen molar-refractivity contribution in [2.45, 2.75) is 32.9 Å². The molecule has 176 valence electrons. The van der Waals surface area contributed by atoms with Crippen molar-refractivity contribution >= 4 is 28.9 Å². The number of carbonyl (C=O) groups excluding carboxylic acids is 1. The minimum absolute atomic E-state index is 0.0757. The molecule has 0 saturated carbocycles. The van der Waals surface area contributed by atoms with E-state index in [9.17, 15) is 4.79 Å². The minimum atomic E-state index is -0.157. The summed E-state index contributed by atoms with van der Waals surface area (Å²) < 4.78 is 1.68. The molecule has 3 aliphatic rings. The summed E-state index contributed by atoms with van der Waals surface area (Å²) in [6.07, 6.45) is 3.90. The smallest absolute Gasteiger partial charge is 0.272 e. The summed E-state index contributed by atoms with van der Waals surface area (Å²) in [5.41, 5.74) is 6.41. The van der Waals surface area contributed by atoms with Gasteiger partial charge in [-0.3, -0.25) is 14.5 Å². The van der Waals surface area contributed by atoms with Gasteiger partial charge in [-0.05, 0) is 56.2 Å². The van der Waals surface area contributed by atoms with Crippen molar-refractivity contribution in [3.63, 3.8) is 0 Å². The first kappa shape index (κ1) is 21.5. The molecule has 1 spiro atoms. The van der Waals surface area contributed by atoms with E-state index in [4.69, 9.17) is 11.6 Å². The molecule has 0 unspecified atom stereocenters. The number of pyridine rings is 1. The number of anilines is 2. The second kappa shape index (κ2) is 7.22. The molecule has 2 saturated heterocycles. The van der Waals surface area contributed by atoms with Crippen molar-refractivity contribution in [1.29, 1.82) is 0 Å². The van der Waals surface area contributed by atoms with E-state index >= 15 is 0 Å². The Hall–Kier alpha value is -3.06. The van der Waals surface area contributed by atoms with Crippen LogP contribution in [0.5, 0.6) is 0 Å². The Morgan fingerprint density at radius 1 is 1.03 bits per heavy atom. The maximum Gasteiger partial charge on any atom is 0.272 e. The third kappa shape index (κ3) is 3.21. The number of likely N-dealkylation sites (tertiary alicyclic amines) is 1. The fraction of sp³-hybridized carbons (Fsp3) is 0.423. The van der Waals surface area contributed by atoms with E-state index in [0.29, 0.717) is 5.69 Å². The molecule has 7 nitrogen and oxygen atoms in total. The van der Waals surface area contributed by atoms with Gasteiger partial charge >= 0.3 is 0 Å². The standard InChI is InChI=1S/C26H29ClN6O/c1-17-7-23(30(4)29-17)24(34)32-15-26(16-32)13-31(14-26)20-9-21(11-28-10-20)33-12-18-5-6-19(27)8-22(18)25(33,2)3/h5-11H,12-16H2,1-4H3. The minimum Gasteiger partial charge on any atom is -0.369 e. The van der Waals surface area contributed by atoms with E-state index in [1.165, 1.54) is 11.1 Å². The van der Waals surface area contributed by atoms with E-state index in [1.807, 2.05) is 43.4 Å². The lowest BCUT2D eigenvalue weighted by Crippen LogP contribution is -2.73. The van der Waals surface area contributed by atoms with Gasteiger partial charge in [0.05, 0.1) is 35.0 Å². The van der Waals surface area contributed by atoms with Gasteiger partial charge in [-0.25, -0.2) is 0 Å². The van der Waals surface area contributed by atoms with E-state index in [-0.39, 0.29) is 16.9 Å². The number of carbonyl (C=O) groups is 1. The van der Waals surface area contributed by atoms with Gasteiger partial charge in [0.2, 0.25) is 0 Å². The number of rotatable bonds is 3. The summed E-state index contributed by atoms with van der Waals surface area (Å²) in [6, 6.07) is 10.3. The maximum absolute atomic E-state index is 12.8. The fourth-order valence-corrected chi connectivity index (χ4v) is 6.12. The van der Waals surface area contributed by atoms with E-state index in [1.54, 1.807) is 4.68 Å². The summed E-state index contributed by atoms with van der Waals surface area (Å²) in [6.45, 7) is 10.7. The lowest BCUT2D eigenvalue weighted by molar-refractivity contribution is -0.0112. The topological polar surface area (TPSA) is 57.5 Å². The van der Waals surface area contributed by atoms with Crippen molar-refractivity contribution in [1.82, 2.24) is 19.7 Å². The Labute approximate surface area is 204 Å². The monoisotopic (exact) mass is 476 g/mol. The number of amides is 1. The van der Waals surface area contributed by atoms with Crippen LogP contribution < -0.4 is 9.80 Å². The molecule has 5 heterocycles. The molecule has 1 amide bonds.